The van der Waals surface area contributed by atoms with E-state index in [-0.39, 0.29) is 42.6 Å². The van der Waals surface area contributed by atoms with Crippen molar-refractivity contribution in [2.24, 2.45) is 11.8 Å². The summed E-state index contributed by atoms with van der Waals surface area (Å²) in [5.74, 6) is 0.421. The van der Waals surface area contributed by atoms with E-state index < -0.39 is 41.7 Å². The number of amides is 2. The second kappa shape index (κ2) is 22.2. The van der Waals surface area contributed by atoms with Gasteiger partial charge in [-0.2, -0.15) is 10.2 Å². The number of nitrogens with zero attached hydrogens (tertiary/aromatic N) is 12. The zero-order valence-corrected chi connectivity index (χ0v) is 44.6. The Hall–Kier alpha value is -6.38. The third-order valence-corrected chi connectivity index (χ3v) is 16.8. The maximum absolute atomic E-state index is 14.5. The molecule has 1 aliphatic carbocycles. The van der Waals surface area contributed by atoms with Crippen LogP contribution in [0.25, 0.3) is 22.0 Å². The first-order valence-corrected chi connectivity index (χ1v) is 27.2. The quantitative estimate of drug-likeness (QED) is 0.0751. The lowest BCUT2D eigenvalue weighted by Crippen LogP contribution is -2.51. The molecule has 1 aromatic carbocycles. The number of likely N-dealkylation sites (tertiary alicyclic amines) is 1. The van der Waals surface area contributed by atoms with E-state index in [2.05, 4.69) is 53.5 Å². The van der Waals surface area contributed by atoms with E-state index in [1.165, 1.54) is 20.9 Å². The predicted octanol–water partition coefficient (Wildman–Crippen LogP) is 6.11. The third kappa shape index (κ3) is 10.8. The Bertz CT molecular complexity index is 2960. The number of thiophene rings is 1. The Balaban J connectivity index is 0.787. The summed E-state index contributed by atoms with van der Waals surface area (Å²) in [4.78, 5) is 55.6. The number of hydrogen-bond donors (Lipinski definition) is 4. The molecule has 22 heteroatoms. The highest BCUT2D eigenvalue weighted by molar-refractivity contribution is 7.16. The third-order valence-electron chi connectivity index (χ3n) is 14.7. The van der Waals surface area contributed by atoms with E-state index in [0.29, 0.717) is 40.5 Å². The summed E-state index contributed by atoms with van der Waals surface area (Å²) in [5.41, 5.74) is 12.0. The smallest absolute Gasteiger partial charge is 0.253 e. The van der Waals surface area contributed by atoms with Gasteiger partial charge in [0.15, 0.2) is 0 Å². The van der Waals surface area contributed by atoms with Gasteiger partial charge in [-0.1, -0.05) is 67.4 Å². The molecule has 5 N–H and O–H groups in total. The molecule has 392 valence electrons. The van der Waals surface area contributed by atoms with Crippen LogP contribution in [-0.4, -0.2) is 136 Å². The van der Waals surface area contributed by atoms with E-state index in [9.17, 15) is 25.1 Å². The molecule has 6 aromatic rings. The van der Waals surface area contributed by atoms with Crippen molar-refractivity contribution in [2.45, 2.75) is 129 Å². The van der Waals surface area contributed by atoms with Crippen LogP contribution in [0.2, 0.25) is 0 Å². The van der Waals surface area contributed by atoms with Crippen molar-refractivity contribution < 1.29 is 29.1 Å². The second-order valence-electron chi connectivity index (χ2n) is 20.7. The van der Waals surface area contributed by atoms with Gasteiger partial charge in [-0.25, -0.2) is 19.6 Å². The number of benzene rings is 1. The Labute approximate surface area is 439 Å². The highest BCUT2D eigenvalue weighted by Gasteiger charge is 2.45. The van der Waals surface area contributed by atoms with Crippen LogP contribution in [0.5, 0.6) is 5.88 Å². The fourth-order valence-electron chi connectivity index (χ4n) is 10.7. The van der Waals surface area contributed by atoms with Crippen LogP contribution < -0.4 is 20.7 Å². The number of β-amino-alcohol motifs (C(OH)–C–C–N with tert-alkyl or cyclic N) is 1. The molecule has 0 unspecified atom stereocenters. The molecule has 2 amide bonds. The molecule has 7 atom stereocenters. The number of hydrogen-bond acceptors (Lipinski definition) is 19. The van der Waals surface area contributed by atoms with Gasteiger partial charge in [0.25, 0.3) is 5.88 Å². The average Bonchev–Trinajstić information content (AvgIpc) is 4.25. The molecule has 9 rings (SSSR count). The summed E-state index contributed by atoms with van der Waals surface area (Å²) < 4.78 is 13.5. The minimum absolute atomic E-state index is 0.0222. The molecule has 74 heavy (non-hydrogen) atoms. The van der Waals surface area contributed by atoms with Crippen molar-refractivity contribution in [1.29, 1.82) is 5.26 Å². The minimum atomic E-state index is -0.969. The van der Waals surface area contributed by atoms with Gasteiger partial charge in [-0.05, 0) is 88.4 Å². The van der Waals surface area contributed by atoms with Gasteiger partial charge in [0.05, 0.1) is 58.1 Å². The van der Waals surface area contributed by atoms with Gasteiger partial charge in [0.2, 0.25) is 29.5 Å². The van der Waals surface area contributed by atoms with E-state index in [4.69, 9.17) is 25.0 Å². The number of fused-ring (bicyclic) bond motifs is 1. The van der Waals surface area contributed by atoms with Crippen LogP contribution in [0.15, 0.2) is 52.8 Å². The van der Waals surface area contributed by atoms with Gasteiger partial charge in [-0.15, -0.1) is 22.7 Å². The molecule has 5 aromatic heterocycles. The van der Waals surface area contributed by atoms with Crippen LogP contribution in [0.4, 0.5) is 10.9 Å². The first kappa shape index (κ1) is 52.5. The SMILES string of the molecule is Cc1ncsc1-c1ccc([C@@H](NC(=O)[C@H]2C[C@H](O)CN2C(=O)[C@@H](C(C)C)n2cc(OCCCN3CCCN(c4nccc(-c5noc([C@@]6(C)CCCc7sc(N)c(C#N)c76)n5)n4)[C@@H](C)C3)nn2)[C@@H](O)C(C)C)cc1. The first-order chi connectivity index (χ1) is 35.5. The molecular formula is C52H66N14O6S2. The Morgan fingerprint density at radius 1 is 1.08 bits per heavy atom. The summed E-state index contributed by atoms with van der Waals surface area (Å²) in [7, 11) is 0. The average molecular weight is 1050 g/mol. The molecule has 20 nitrogen and oxygen atoms in total. The Morgan fingerprint density at radius 2 is 1.88 bits per heavy atom. The normalized spacial score (nSPS) is 21.6. The van der Waals surface area contributed by atoms with Crippen molar-refractivity contribution in [3.8, 4) is 33.9 Å². The molecule has 0 radical (unpaired) electrons. The van der Waals surface area contributed by atoms with Crippen LogP contribution >= 0.6 is 22.7 Å². The number of anilines is 2. The van der Waals surface area contributed by atoms with Gasteiger partial charge >= 0.3 is 0 Å². The van der Waals surface area contributed by atoms with Crippen molar-refractivity contribution in [3.63, 3.8) is 0 Å². The van der Waals surface area contributed by atoms with Crippen LogP contribution in [0.1, 0.15) is 119 Å². The van der Waals surface area contributed by atoms with Crippen molar-refractivity contribution in [3.05, 3.63) is 81.4 Å². The van der Waals surface area contributed by atoms with Gasteiger partial charge in [-0.3, -0.25) is 9.59 Å². The number of carbonyl (C=O) groups excluding carboxylic acids is 2. The summed E-state index contributed by atoms with van der Waals surface area (Å²) in [6, 6.07) is 9.35. The number of nitrogens with one attached hydrogen (secondary N) is 1. The zero-order valence-electron chi connectivity index (χ0n) is 43.0. The molecule has 0 bridgehead atoms. The molecule has 3 aliphatic rings. The number of aryl methyl sites for hydroxylation is 2. The van der Waals surface area contributed by atoms with Crippen molar-refractivity contribution in [2.75, 3.05) is 50.0 Å². The van der Waals surface area contributed by atoms with E-state index in [1.54, 1.807) is 35.3 Å². The summed E-state index contributed by atoms with van der Waals surface area (Å²) >= 11 is 3.02. The van der Waals surface area contributed by atoms with E-state index in [1.807, 2.05) is 65.8 Å². The zero-order chi connectivity index (χ0) is 52.4. The number of aromatic nitrogens is 8. The molecule has 2 saturated heterocycles. The lowest BCUT2D eigenvalue weighted by molar-refractivity contribution is -0.143. The molecule has 0 spiro atoms. The molecule has 2 aliphatic heterocycles. The predicted molar refractivity (Wildman–Crippen MR) is 280 cm³/mol. The van der Waals surface area contributed by atoms with Crippen LogP contribution in [0, 0.1) is 30.1 Å². The van der Waals surface area contributed by atoms with Crippen molar-refractivity contribution in [1.82, 2.24) is 55.2 Å². The van der Waals surface area contributed by atoms with Crippen molar-refractivity contribution >= 4 is 45.4 Å². The number of rotatable bonds is 17. The van der Waals surface area contributed by atoms with E-state index >= 15 is 0 Å². The number of nitrogen functional groups attached to an aromatic ring is 1. The monoisotopic (exact) mass is 1050 g/mol. The lowest BCUT2D eigenvalue weighted by atomic mass is 9.72. The molecule has 0 saturated carbocycles. The topological polar surface area (TPSA) is 264 Å². The molecule has 2 fully saturated rings. The maximum atomic E-state index is 14.5. The first-order valence-electron chi connectivity index (χ1n) is 25.5. The molecule has 7 heterocycles. The number of thiazole rings is 1. The minimum Gasteiger partial charge on any atom is -0.475 e. The largest absolute Gasteiger partial charge is 0.475 e. The standard InChI is InChI=1S/C52H66N14O6S2/c1-29(2)43(49(70)65-26-35(67)23-38(65)48(69)58-42(44(68)30(3)4)33-12-14-34(15-13-33)45-32(6)56-28-73-45)66-27-40(60-62-66)71-22-10-20-63-19-9-21-64(31(5)25-63)51-55-18-16-37(57-51)47-59-50(72-61-47)52(7)17-8-11-39-41(52)36(24-53)46(54)74-39/h12-16,18,27-31,35,38,42-44,67-68H,8-11,17,19-23,25-26,54H2,1-7H3,(H,58,69)/t31-,35-,38+,42+,43+,44-,52-/m0/s1. The van der Waals surface area contributed by atoms with E-state index in [0.717, 1.165) is 90.4 Å². The highest BCUT2D eigenvalue weighted by atomic mass is 32.1. The lowest BCUT2D eigenvalue weighted by Gasteiger charge is -2.32. The highest BCUT2D eigenvalue weighted by Crippen LogP contribution is 2.48. The van der Waals surface area contributed by atoms with Crippen LogP contribution in [-0.2, 0) is 21.4 Å². The summed E-state index contributed by atoms with van der Waals surface area (Å²) in [5, 5.41) is 48.7. The number of ether oxygens (including phenoxy) is 1. The van der Waals surface area contributed by atoms with Gasteiger partial charge < -0.3 is 45.2 Å². The number of carbonyl (C=O) groups is 2. The number of aliphatic hydroxyl groups is 2. The summed E-state index contributed by atoms with van der Waals surface area (Å²) in [6.45, 7) is 17.3. The Morgan fingerprint density at radius 3 is 2.61 bits per heavy atom. The Kier molecular flexibility index (Phi) is 15.8. The fourth-order valence-corrected chi connectivity index (χ4v) is 12.8. The number of aliphatic hydroxyl groups excluding tert-OH is 2. The maximum Gasteiger partial charge on any atom is 0.253 e. The fraction of sp³-hybridized carbons (Fsp3) is 0.538. The number of nitriles is 1. The van der Waals surface area contributed by atoms with Gasteiger partial charge in [0.1, 0.15) is 28.8 Å². The summed E-state index contributed by atoms with van der Waals surface area (Å²) in [6.07, 6.45) is 5.73. The van der Waals surface area contributed by atoms with Crippen LogP contribution in [0.3, 0.4) is 0 Å². The van der Waals surface area contributed by atoms with Gasteiger partial charge in [0, 0.05) is 55.3 Å². The molecular weight excluding hydrogens is 981 g/mol. The second-order valence-corrected chi connectivity index (χ2v) is 22.7. The number of nitrogens with two attached hydrogens (primary N) is 1.